The van der Waals surface area contributed by atoms with Crippen LogP contribution in [-0.4, -0.2) is 18.3 Å². The van der Waals surface area contributed by atoms with Crippen LogP contribution in [0.1, 0.15) is 18.5 Å². The highest BCUT2D eigenvalue weighted by molar-refractivity contribution is 6.30. The van der Waals surface area contributed by atoms with E-state index in [0.29, 0.717) is 10.6 Å². The van der Waals surface area contributed by atoms with Gasteiger partial charge in [0.2, 0.25) is 0 Å². The van der Waals surface area contributed by atoms with E-state index in [1.54, 1.807) is 0 Å². The molecule has 100 valence electrons. The second-order valence-corrected chi connectivity index (χ2v) is 4.11. The van der Waals surface area contributed by atoms with Crippen molar-refractivity contribution in [2.45, 2.75) is 25.3 Å². The molecular formula is C11H10ClF4NO. The average Bonchev–Trinajstić information content (AvgIpc) is 2.29. The molecule has 0 aromatic heterocycles. The van der Waals surface area contributed by atoms with Crippen LogP contribution in [0, 0.1) is 0 Å². The predicted octanol–water partition coefficient (Wildman–Crippen LogP) is 3.42. The zero-order chi connectivity index (χ0) is 13.9. The predicted molar refractivity (Wildman–Crippen MR) is 59.0 cm³/mol. The van der Waals surface area contributed by atoms with E-state index >= 15 is 0 Å². The highest BCUT2D eigenvalue weighted by Gasteiger charge is 2.49. The van der Waals surface area contributed by atoms with E-state index in [-0.39, 0.29) is 0 Å². The molecule has 2 nitrogen and oxygen atoms in total. The molecule has 18 heavy (non-hydrogen) atoms. The summed E-state index contributed by atoms with van der Waals surface area (Å²) in [6, 6.07) is 5.20. The molecule has 1 aromatic carbocycles. The van der Waals surface area contributed by atoms with Gasteiger partial charge in [-0.3, -0.25) is 4.79 Å². The van der Waals surface area contributed by atoms with Gasteiger partial charge in [0.15, 0.2) is 0 Å². The van der Waals surface area contributed by atoms with Crippen molar-refractivity contribution in [3.05, 3.63) is 34.9 Å². The highest BCUT2D eigenvalue weighted by Crippen LogP contribution is 2.24. The minimum atomic E-state index is -4.69. The summed E-state index contributed by atoms with van der Waals surface area (Å²) >= 11 is 5.63. The fourth-order valence-corrected chi connectivity index (χ4v) is 1.35. The first-order valence-electron chi connectivity index (χ1n) is 4.97. The highest BCUT2D eigenvalue weighted by atomic mass is 35.5. The second-order valence-electron chi connectivity index (χ2n) is 3.67. The van der Waals surface area contributed by atoms with Crippen molar-refractivity contribution in [2.24, 2.45) is 0 Å². The summed E-state index contributed by atoms with van der Waals surface area (Å²) in [4.78, 5) is 11.0. The number of alkyl halides is 4. The van der Waals surface area contributed by atoms with Crippen LogP contribution in [0.2, 0.25) is 5.02 Å². The molecule has 0 radical (unpaired) electrons. The lowest BCUT2D eigenvalue weighted by Gasteiger charge is -2.19. The summed E-state index contributed by atoms with van der Waals surface area (Å²) in [5, 5.41) is 2.27. The van der Waals surface area contributed by atoms with E-state index in [9.17, 15) is 22.4 Å². The molecule has 1 aromatic rings. The fourth-order valence-electron chi connectivity index (χ4n) is 1.23. The van der Waals surface area contributed by atoms with Gasteiger partial charge < -0.3 is 5.32 Å². The third-order valence-corrected chi connectivity index (χ3v) is 2.55. The molecule has 0 aliphatic rings. The molecule has 0 spiro atoms. The van der Waals surface area contributed by atoms with Crippen LogP contribution in [0.4, 0.5) is 17.6 Å². The number of carbonyl (C=O) groups is 1. The Morgan fingerprint density at radius 3 is 2.22 bits per heavy atom. The van der Waals surface area contributed by atoms with Crippen molar-refractivity contribution >= 4 is 17.5 Å². The maximum atomic E-state index is 12.7. The van der Waals surface area contributed by atoms with Gasteiger partial charge in [0, 0.05) is 5.02 Å². The molecule has 1 N–H and O–H groups in total. The lowest BCUT2D eigenvalue weighted by Crippen LogP contribution is -2.45. The fraction of sp³-hybridized carbons (Fsp3) is 0.364. The van der Waals surface area contributed by atoms with Crippen LogP contribution in [0.15, 0.2) is 24.3 Å². The van der Waals surface area contributed by atoms with Crippen molar-refractivity contribution < 1.29 is 22.4 Å². The Bertz CT molecular complexity index is 422. The number of rotatable bonds is 4. The summed E-state index contributed by atoms with van der Waals surface area (Å²) in [5.41, 5.74) is 0.484. The van der Waals surface area contributed by atoms with Gasteiger partial charge in [-0.1, -0.05) is 23.7 Å². The van der Waals surface area contributed by atoms with Crippen LogP contribution in [-0.2, 0) is 4.79 Å². The monoisotopic (exact) mass is 283 g/mol. The summed E-state index contributed by atoms with van der Waals surface area (Å²) in [6.45, 7) is 1.41. The van der Waals surface area contributed by atoms with Gasteiger partial charge in [-0.15, -0.1) is 0 Å². The van der Waals surface area contributed by atoms with Crippen molar-refractivity contribution in [2.75, 3.05) is 0 Å². The number of benzene rings is 1. The van der Waals surface area contributed by atoms with Crippen LogP contribution < -0.4 is 5.32 Å². The van der Waals surface area contributed by atoms with Gasteiger partial charge in [-0.2, -0.15) is 8.78 Å². The Labute approximate surface area is 106 Å². The van der Waals surface area contributed by atoms with E-state index in [2.05, 4.69) is 0 Å². The molecule has 0 fully saturated rings. The number of halogens is 5. The van der Waals surface area contributed by atoms with E-state index in [1.165, 1.54) is 31.2 Å². The third-order valence-electron chi connectivity index (χ3n) is 2.29. The van der Waals surface area contributed by atoms with E-state index in [4.69, 9.17) is 11.6 Å². The van der Waals surface area contributed by atoms with Gasteiger partial charge in [-0.05, 0) is 24.6 Å². The average molecular weight is 284 g/mol. The molecule has 0 saturated carbocycles. The van der Waals surface area contributed by atoms with Crippen LogP contribution in [0.5, 0.6) is 0 Å². The molecule has 7 heteroatoms. The standard InChI is InChI=1S/C11H10ClF4NO/c1-6(7-2-4-8(12)5-3-7)17-10(18)11(15,16)9(13)14/h2-6,9H,1H3,(H,17,18)/t6-/m0/s1. The molecule has 1 atom stereocenters. The van der Waals surface area contributed by atoms with Crippen LogP contribution in [0.25, 0.3) is 0 Å². The zero-order valence-corrected chi connectivity index (χ0v) is 10.0. The molecule has 0 aliphatic heterocycles. The number of hydrogen-bond donors (Lipinski definition) is 1. The molecule has 0 saturated heterocycles. The quantitative estimate of drug-likeness (QED) is 0.843. The number of hydrogen-bond acceptors (Lipinski definition) is 1. The van der Waals surface area contributed by atoms with Gasteiger partial charge in [0.25, 0.3) is 5.91 Å². The molecule has 0 unspecified atom stereocenters. The maximum absolute atomic E-state index is 12.7. The Balaban J connectivity index is 2.73. The maximum Gasteiger partial charge on any atom is 0.383 e. The SMILES string of the molecule is C[C@H](NC(=O)C(F)(F)C(F)F)c1ccc(Cl)cc1. The number of carbonyl (C=O) groups excluding carboxylic acids is 1. The normalized spacial score (nSPS) is 13.5. The first-order valence-corrected chi connectivity index (χ1v) is 5.35. The second kappa shape index (κ2) is 5.56. The van der Waals surface area contributed by atoms with Crippen molar-refractivity contribution in [3.8, 4) is 0 Å². The summed E-state index contributed by atoms with van der Waals surface area (Å²) < 4.78 is 49.3. The minimum Gasteiger partial charge on any atom is -0.344 e. The Hall–Kier alpha value is -1.30. The first-order chi connectivity index (χ1) is 8.25. The summed E-state index contributed by atoms with van der Waals surface area (Å²) in [6.07, 6.45) is -4.03. The van der Waals surface area contributed by atoms with Gasteiger partial charge in [0.05, 0.1) is 6.04 Å². The third kappa shape index (κ3) is 3.35. The largest absolute Gasteiger partial charge is 0.383 e. The molecule has 1 rings (SSSR count). The Morgan fingerprint density at radius 2 is 1.78 bits per heavy atom. The van der Waals surface area contributed by atoms with Crippen molar-refractivity contribution in [3.63, 3.8) is 0 Å². The van der Waals surface area contributed by atoms with Gasteiger partial charge >= 0.3 is 12.3 Å². The molecule has 0 heterocycles. The molecule has 0 bridgehead atoms. The van der Waals surface area contributed by atoms with Crippen LogP contribution >= 0.6 is 11.6 Å². The van der Waals surface area contributed by atoms with Crippen LogP contribution in [0.3, 0.4) is 0 Å². The lowest BCUT2D eigenvalue weighted by molar-refractivity contribution is -0.170. The Morgan fingerprint density at radius 1 is 1.28 bits per heavy atom. The van der Waals surface area contributed by atoms with E-state index in [1.807, 2.05) is 5.32 Å². The number of amides is 1. The van der Waals surface area contributed by atoms with E-state index < -0.39 is 24.3 Å². The number of nitrogens with one attached hydrogen (secondary N) is 1. The molecular weight excluding hydrogens is 274 g/mol. The minimum absolute atomic E-state index is 0.440. The van der Waals surface area contributed by atoms with E-state index in [0.717, 1.165) is 0 Å². The molecule has 1 amide bonds. The first kappa shape index (κ1) is 14.8. The lowest BCUT2D eigenvalue weighted by atomic mass is 10.1. The summed E-state index contributed by atoms with van der Waals surface area (Å²) in [5.74, 6) is -6.69. The van der Waals surface area contributed by atoms with Crippen molar-refractivity contribution in [1.29, 1.82) is 0 Å². The van der Waals surface area contributed by atoms with Gasteiger partial charge in [-0.25, -0.2) is 8.78 Å². The zero-order valence-electron chi connectivity index (χ0n) is 9.26. The smallest absolute Gasteiger partial charge is 0.344 e. The Kier molecular flexibility index (Phi) is 4.56. The molecule has 0 aliphatic carbocycles. The summed E-state index contributed by atoms with van der Waals surface area (Å²) in [7, 11) is 0. The van der Waals surface area contributed by atoms with Crippen molar-refractivity contribution in [1.82, 2.24) is 5.32 Å². The topological polar surface area (TPSA) is 29.1 Å². The van der Waals surface area contributed by atoms with Gasteiger partial charge in [0.1, 0.15) is 0 Å².